The third kappa shape index (κ3) is 3.32. The van der Waals surface area contributed by atoms with Gasteiger partial charge < -0.3 is 10.4 Å². The summed E-state index contributed by atoms with van der Waals surface area (Å²) in [5, 5.41) is 17.0. The molecule has 0 unspecified atom stereocenters. The van der Waals surface area contributed by atoms with E-state index in [2.05, 4.69) is 10.4 Å². The third-order valence-electron chi connectivity index (χ3n) is 4.15. The van der Waals surface area contributed by atoms with Gasteiger partial charge in [0, 0.05) is 26.1 Å². The number of Topliss-reactive ketones (excluding diaryl/α,β-unsaturated/α-hetero) is 1. The molecule has 23 heavy (non-hydrogen) atoms. The van der Waals surface area contributed by atoms with Crippen molar-refractivity contribution in [3.8, 4) is 0 Å². The molecule has 1 aliphatic rings. The minimum Gasteiger partial charge on any atom is -0.386 e. The van der Waals surface area contributed by atoms with Gasteiger partial charge in [0.15, 0.2) is 5.78 Å². The molecule has 1 aromatic carbocycles. The van der Waals surface area contributed by atoms with Crippen molar-refractivity contribution in [1.29, 1.82) is 0 Å². The zero-order chi connectivity index (χ0) is 16.4. The average Bonchev–Trinajstić information content (AvgIpc) is 3.10. The van der Waals surface area contributed by atoms with E-state index in [-0.39, 0.29) is 30.6 Å². The molecule has 1 amide bonds. The Morgan fingerprint density at radius 1 is 1.35 bits per heavy atom. The Hall–Kier alpha value is -2.47. The predicted octanol–water partition coefficient (Wildman–Crippen LogP) is 1.16. The number of hydrogen-bond donors (Lipinski definition) is 2. The largest absolute Gasteiger partial charge is 0.386 e. The van der Waals surface area contributed by atoms with E-state index < -0.39 is 6.10 Å². The topological polar surface area (TPSA) is 84.2 Å². The summed E-state index contributed by atoms with van der Waals surface area (Å²) in [5.41, 5.74) is 2.43. The summed E-state index contributed by atoms with van der Waals surface area (Å²) in [6.07, 6.45) is 3.29. The summed E-state index contributed by atoms with van der Waals surface area (Å²) in [5.74, 6) is -0.331. The van der Waals surface area contributed by atoms with E-state index in [1.54, 1.807) is 17.9 Å². The van der Waals surface area contributed by atoms with E-state index in [0.717, 1.165) is 11.1 Å². The molecule has 120 valence electrons. The van der Waals surface area contributed by atoms with E-state index >= 15 is 0 Å². The van der Waals surface area contributed by atoms with Gasteiger partial charge in [-0.15, -0.1) is 0 Å². The maximum Gasteiger partial charge on any atom is 0.220 e. The lowest BCUT2D eigenvalue weighted by atomic mass is 10.1. The van der Waals surface area contributed by atoms with Crippen LogP contribution in [0.25, 0.3) is 0 Å². The molecule has 0 radical (unpaired) electrons. The molecule has 1 aliphatic carbocycles. The fraction of sp³-hybridized carbons (Fsp3) is 0.353. The highest BCUT2D eigenvalue weighted by Gasteiger charge is 2.31. The van der Waals surface area contributed by atoms with Crippen molar-refractivity contribution in [3.05, 3.63) is 53.3 Å². The Bertz CT molecular complexity index is 738. The number of carbonyl (C=O) groups is 2. The van der Waals surface area contributed by atoms with Gasteiger partial charge in [0.25, 0.3) is 0 Å². The van der Waals surface area contributed by atoms with Gasteiger partial charge >= 0.3 is 0 Å². The Morgan fingerprint density at radius 2 is 2.13 bits per heavy atom. The van der Waals surface area contributed by atoms with Gasteiger partial charge in [0.1, 0.15) is 0 Å². The first kappa shape index (κ1) is 15.4. The van der Waals surface area contributed by atoms with Crippen molar-refractivity contribution in [2.75, 3.05) is 0 Å². The molecule has 0 aliphatic heterocycles. The van der Waals surface area contributed by atoms with Crippen LogP contribution in [-0.2, 0) is 18.3 Å². The van der Waals surface area contributed by atoms with E-state index in [1.807, 2.05) is 24.3 Å². The van der Waals surface area contributed by atoms with Crippen molar-refractivity contribution in [2.45, 2.75) is 31.4 Å². The van der Waals surface area contributed by atoms with Crippen molar-refractivity contribution >= 4 is 11.7 Å². The SMILES string of the molecule is Cn1cc(C(=O)CCC(=O)N[C@@H]2Cc3ccccc3[C@@H]2O)cn1. The number of aryl methyl sites for hydroxylation is 1. The van der Waals surface area contributed by atoms with Crippen molar-refractivity contribution in [2.24, 2.45) is 7.05 Å². The lowest BCUT2D eigenvalue weighted by Gasteiger charge is -2.16. The number of ketones is 1. The fourth-order valence-corrected chi connectivity index (χ4v) is 2.92. The monoisotopic (exact) mass is 313 g/mol. The highest BCUT2D eigenvalue weighted by Crippen LogP contribution is 2.31. The first-order valence-corrected chi connectivity index (χ1v) is 7.61. The maximum atomic E-state index is 12.0. The van der Waals surface area contributed by atoms with Gasteiger partial charge in [-0.1, -0.05) is 24.3 Å². The van der Waals surface area contributed by atoms with Crippen molar-refractivity contribution in [3.63, 3.8) is 0 Å². The maximum absolute atomic E-state index is 12.0. The first-order valence-electron chi connectivity index (χ1n) is 7.61. The molecule has 0 fully saturated rings. The van der Waals surface area contributed by atoms with Crippen molar-refractivity contribution < 1.29 is 14.7 Å². The van der Waals surface area contributed by atoms with Crippen LogP contribution >= 0.6 is 0 Å². The number of aromatic nitrogens is 2. The predicted molar refractivity (Wildman–Crippen MR) is 83.8 cm³/mol. The van der Waals surface area contributed by atoms with Gasteiger partial charge in [-0.3, -0.25) is 14.3 Å². The highest BCUT2D eigenvalue weighted by atomic mass is 16.3. The molecule has 2 N–H and O–H groups in total. The van der Waals surface area contributed by atoms with Crippen LogP contribution in [0, 0.1) is 0 Å². The highest BCUT2D eigenvalue weighted by molar-refractivity contribution is 5.97. The molecule has 0 spiro atoms. The van der Waals surface area contributed by atoms with E-state index in [1.165, 1.54) is 6.20 Å². The number of hydrogen-bond acceptors (Lipinski definition) is 4. The summed E-state index contributed by atoms with van der Waals surface area (Å²) in [6.45, 7) is 0. The second kappa shape index (κ2) is 6.34. The summed E-state index contributed by atoms with van der Waals surface area (Å²) >= 11 is 0. The van der Waals surface area contributed by atoms with Crippen LogP contribution in [0.4, 0.5) is 0 Å². The van der Waals surface area contributed by atoms with Crippen LogP contribution in [0.1, 0.15) is 40.4 Å². The molecular formula is C17H19N3O3. The number of aliphatic hydroxyl groups excluding tert-OH is 1. The standard InChI is InChI=1S/C17H19N3O3/c1-20-10-12(9-18-20)15(21)6-7-16(22)19-14-8-11-4-2-3-5-13(11)17(14)23/h2-5,9-10,14,17,23H,6-8H2,1H3,(H,19,22)/t14-,17+/m1/s1. The van der Waals surface area contributed by atoms with E-state index in [0.29, 0.717) is 12.0 Å². The lowest BCUT2D eigenvalue weighted by Crippen LogP contribution is -2.37. The van der Waals surface area contributed by atoms with Crippen LogP contribution < -0.4 is 5.32 Å². The molecule has 1 heterocycles. The fourth-order valence-electron chi connectivity index (χ4n) is 2.92. The number of fused-ring (bicyclic) bond motifs is 1. The minimum absolute atomic E-state index is 0.104. The van der Waals surface area contributed by atoms with Crippen LogP contribution in [-0.4, -0.2) is 32.6 Å². The van der Waals surface area contributed by atoms with E-state index in [9.17, 15) is 14.7 Å². The smallest absolute Gasteiger partial charge is 0.220 e. The molecule has 1 aromatic heterocycles. The molecule has 6 heteroatoms. The first-order chi connectivity index (χ1) is 11.0. The van der Waals surface area contributed by atoms with Crippen LogP contribution in [0.3, 0.4) is 0 Å². The normalized spacial score (nSPS) is 19.4. The second-order valence-corrected chi connectivity index (χ2v) is 5.85. The summed E-state index contributed by atoms with van der Waals surface area (Å²) < 4.78 is 1.55. The number of nitrogens with one attached hydrogen (secondary N) is 1. The Labute approximate surface area is 134 Å². The molecule has 0 bridgehead atoms. The number of rotatable bonds is 5. The second-order valence-electron chi connectivity index (χ2n) is 5.85. The zero-order valence-corrected chi connectivity index (χ0v) is 12.9. The summed E-state index contributed by atoms with van der Waals surface area (Å²) in [7, 11) is 1.74. The minimum atomic E-state index is -0.691. The molecule has 6 nitrogen and oxygen atoms in total. The molecule has 0 saturated heterocycles. The quantitative estimate of drug-likeness (QED) is 0.811. The van der Waals surface area contributed by atoms with Crippen molar-refractivity contribution in [1.82, 2.24) is 15.1 Å². The Morgan fingerprint density at radius 3 is 2.83 bits per heavy atom. The number of benzene rings is 1. The Kier molecular flexibility index (Phi) is 4.25. The zero-order valence-electron chi connectivity index (χ0n) is 12.9. The average molecular weight is 313 g/mol. The third-order valence-corrected chi connectivity index (χ3v) is 4.15. The van der Waals surface area contributed by atoms with Gasteiger partial charge in [-0.25, -0.2) is 0 Å². The van der Waals surface area contributed by atoms with Gasteiger partial charge in [0.2, 0.25) is 5.91 Å². The van der Waals surface area contributed by atoms with Gasteiger partial charge in [0.05, 0.1) is 23.9 Å². The Balaban J connectivity index is 1.52. The molecule has 3 rings (SSSR count). The van der Waals surface area contributed by atoms with Gasteiger partial charge in [-0.2, -0.15) is 5.10 Å². The van der Waals surface area contributed by atoms with Crippen LogP contribution in [0.5, 0.6) is 0 Å². The van der Waals surface area contributed by atoms with Crippen LogP contribution in [0.15, 0.2) is 36.7 Å². The number of carbonyl (C=O) groups excluding carboxylic acids is 2. The lowest BCUT2D eigenvalue weighted by molar-refractivity contribution is -0.122. The molecular weight excluding hydrogens is 294 g/mol. The summed E-state index contributed by atoms with van der Waals surface area (Å²) in [6, 6.07) is 7.30. The molecule has 0 saturated carbocycles. The molecule has 2 atom stereocenters. The number of aliphatic hydroxyl groups is 1. The number of amides is 1. The van der Waals surface area contributed by atoms with E-state index in [4.69, 9.17) is 0 Å². The molecule has 2 aromatic rings. The van der Waals surface area contributed by atoms with Crippen LogP contribution in [0.2, 0.25) is 0 Å². The summed E-state index contributed by atoms with van der Waals surface area (Å²) in [4.78, 5) is 24.0. The van der Waals surface area contributed by atoms with Gasteiger partial charge in [-0.05, 0) is 17.5 Å². The number of nitrogens with zero attached hydrogens (tertiary/aromatic N) is 2.